The molecular formula is C19H20FN3O5S. The molecule has 3 rings (SSSR count). The van der Waals surface area contributed by atoms with Crippen LogP contribution in [0.2, 0.25) is 0 Å². The van der Waals surface area contributed by atoms with Crippen LogP contribution in [0, 0.1) is 5.82 Å². The maximum absolute atomic E-state index is 13.4. The number of methoxy groups -OCH3 is 1. The Morgan fingerprint density at radius 2 is 2.03 bits per heavy atom. The number of carbonyl (C=O) groups is 1. The maximum Gasteiger partial charge on any atom is 0.268 e. The maximum atomic E-state index is 13.4. The van der Waals surface area contributed by atoms with Crippen LogP contribution in [0.1, 0.15) is 12.0 Å². The Hall–Kier alpha value is -2.98. The van der Waals surface area contributed by atoms with E-state index in [0.29, 0.717) is 17.0 Å². The SMILES string of the molecule is COc1ccc(S(=O)(=O)N(C)C)cc1NC(=O)[C@H]1CC(c2cccc(F)c2)=NO1. The summed E-state index contributed by atoms with van der Waals surface area (Å²) in [5.41, 5.74) is 1.15. The Morgan fingerprint density at radius 1 is 1.28 bits per heavy atom. The van der Waals surface area contributed by atoms with Gasteiger partial charge in [-0.2, -0.15) is 0 Å². The molecule has 1 aliphatic rings. The van der Waals surface area contributed by atoms with E-state index in [4.69, 9.17) is 9.57 Å². The van der Waals surface area contributed by atoms with Gasteiger partial charge in [0.05, 0.1) is 23.4 Å². The molecule has 1 N–H and O–H groups in total. The van der Waals surface area contributed by atoms with Crippen molar-refractivity contribution in [3.63, 3.8) is 0 Å². The van der Waals surface area contributed by atoms with Gasteiger partial charge in [-0.3, -0.25) is 4.79 Å². The fraction of sp³-hybridized carbons (Fsp3) is 0.263. The minimum Gasteiger partial charge on any atom is -0.495 e. The number of anilines is 1. The number of benzene rings is 2. The summed E-state index contributed by atoms with van der Waals surface area (Å²) >= 11 is 0. The summed E-state index contributed by atoms with van der Waals surface area (Å²) in [7, 11) is 0.538. The number of halogens is 1. The minimum absolute atomic E-state index is 0.00244. The first-order chi connectivity index (χ1) is 13.7. The van der Waals surface area contributed by atoms with Crippen LogP contribution in [0.25, 0.3) is 0 Å². The van der Waals surface area contributed by atoms with E-state index in [1.165, 1.54) is 51.5 Å². The fourth-order valence-corrected chi connectivity index (χ4v) is 3.65. The molecule has 154 valence electrons. The highest BCUT2D eigenvalue weighted by molar-refractivity contribution is 7.89. The Bertz CT molecular complexity index is 1070. The molecule has 0 fully saturated rings. The lowest BCUT2D eigenvalue weighted by Crippen LogP contribution is -2.28. The highest BCUT2D eigenvalue weighted by Crippen LogP contribution is 2.29. The van der Waals surface area contributed by atoms with Crippen molar-refractivity contribution in [2.24, 2.45) is 5.16 Å². The van der Waals surface area contributed by atoms with Gasteiger partial charge in [-0.25, -0.2) is 17.1 Å². The smallest absolute Gasteiger partial charge is 0.268 e. The Balaban J connectivity index is 1.77. The van der Waals surface area contributed by atoms with Crippen LogP contribution < -0.4 is 10.1 Å². The molecule has 1 heterocycles. The highest BCUT2D eigenvalue weighted by Gasteiger charge is 2.30. The average Bonchev–Trinajstić information content (AvgIpc) is 3.18. The van der Waals surface area contributed by atoms with Crippen molar-refractivity contribution in [3.05, 3.63) is 53.8 Å². The van der Waals surface area contributed by atoms with Crippen molar-refractivity contribution >= 4 is 27.3 Å². The van der Waals surface area contributed by atoms with Crippen LogP contribution in [0.3, 0.4) is 0 Å². The number of hydrogen-bond acceptors (Lipinski definition) is 6. The molecule has 0 saturated carbocycles. The van der Waals surface area contributed by atoms with Gasteiger partial charge in [-0.15, -0.1) is 0 Å². The summed E-state index contributed by atoms with van der Waals surface area (Å²) in [4.78, 5) is 17.8. The van der Waals surface area contributed by atoms with Gasteiger partial charge in [0.2, 0.25) is 16.1 Å². The first-order valence-corrected chi connectivity index (χ1v) is 10.1. The van der Waals surface area contributed by atoms with Gasteiger partial charge in [0.25, 0.3) is 5.91 Å². The number of ether oxygens (including phenoxy) is 1. The lowest BCUT2D eigenvalue weighted by Gasteiger charge is -2.16. The zero-order valence-corrected chi connectivity index (χ0v) is 16.9. The number of rotatable bonds is 6. The summed E-state index contributed by atoms with van der Waals surface area (Å²) in [6.07, 6.45) is -0.792. The molecule has 0 aliphatic carbocycles. The standard InChI is InChI=1S/C19H20FN3O5S/c1-23(2)29(25,26)14-7-8-17(27-3)16(10-14)21-19(24)18-11-15(22-28-18)12-5-4-6-13(20)9-12/h4-10,18H,11H2,1-3H3,(H,21,24)/t18-/m1/s1. The van der Waals surface area contributed by atoms with Crippen LogP contribution in [0.5, 0.6) is 5.75 Å². The first kappa shape index (κ1) is 20.7. The molecule has 2 aromatic rings. The van der Waals surface area contributed by atoms with Crippen molar-refractivity contribution in [1.29, 1.82) is 0 Å². The quantitative estimate of drug-likeness (QED) is 0.771. The summed E-state index contributed by atoms with van der Waals surface area (Å²) < 4.78 is 44.4. The number of hydrogen-bond donors (Lipinski definition) is 1. The van der Waals surface area contributed by atoms with Gasteiger partial charge in [0, 0.05) is 26.1 Å². The number of amides is 1. The Kier molecular flexibility index (Phi) is 5.85. The van der Waals surface area contributed by atoms with Crippen LogP contribution >= 0.6 is 0 Å². The van der Waals surface area contributed by atoms with Gasteiger partial charge in [-0.1, -0.05) is 17.3 Å². The average molecular weight is 421 g/mol. The van der Waals surface area contributed by atoms with E-state index in [1.54, 1.807) is 12.1 Å². The summed E-state index contributed by atoms with van der Waals surface area (Å²) in [5, 5.41) is 6.49. The molecule has 0 saturated heterocycles. The molecule has 0 radical (unpaired) electrons. The molecule has 1 aliphatic heterocycles. The van der Waals surface area contributed by atoms with E-state index in [2.05, 4.69) is 10.5 Å². The molecule has 0 spiro atoms. The van der Waals surface area contributed by atoms with Gasteiger partial charge in [0.1, 0.15) is 11.6 Å². The van der Waals surface area contributed by atoms with Crippen LogP contribution in [-0.2, 0) is 19.7 Å². The topological polar surface area (TPSA) is 97.3 Å². The van der Waals surface area contributed by atoms with E-state index >= 15 is 0 Å². The molecule has 2 aromatic carbocycles. The zero-order valence-electron chi connectivity index (χ0n) is 16.0. The monoisotopic (exact) mass is 421 g/mol. The normalized spacial score (nSPS) is 16.3. The second-order valence-electron chi connectivity index (χ2n) is 6.49. The molecule has 0 bridgehead atoms. The molecule has 8 nitrogen and oxygen atoms in total. The summed E-state index contributed by atoms with van der Waals surface area (Å²) in [6.45, 7) is 0. The molecule has 10 heteroatoms. The third-order valence-corrected chi connectivity index (χ3v) is 6.14. The third kappa shape index (κ3) is 4.38. The molecular weight excluding hydrogens is 401 g/mol. The summed E-state index contributed by atoms with van der Waals surface area (Å²) in [5.74, 6) is -0.653. The van der Waals surface area contributed by atoms with Crippen molar-refractivity contribution in [1.82, 2.24) is 4.31 Å². The lowest BCUT2D eigenvalue weighted by atomic mass is 10.0. The molecule has 0 unspecified atom stereocenters. The number of sulfonamides is 1. The number of carbonyl (C=O) groups excluding carboxylic acids is 1. The molecule has 1 atom stereocenters. The fourth-order valence-electron chi connectivity index (χ4n) is 2.73. The van der Waals surface area contributed by atoms with Gasteiger partial charge in [-0.05, 0) is 30.3 Å². The highest BCUT2D eigenvalue weighted by atomic mass is 32.2. The molecule has 29 heavy (non-hydrogen) atoms. The van der Waals surface area contributed by atoms with Crippen molar-refractivity contribution in [2.75, 3.05) is 26.5 Å². The number of nitrogens with zero attached hydrogens (tertiary/aromatic N) is 2. The van der Waals surface area contributed by atoms with Gasteiger partial charge >= 0.3 is 0 Å². The minimum atomic E-state index is -3.69. The second-order valence-corrected chi connectivity index (χ2v) is 8.64. The lowest BCUT2D eigenvalue weighted by molar-refractivity contribution is -0.125. The van der Waals surface area contributed by atoms with Crippen LogP contribution in [0.15, 0.2) is 52.5 Å². The van der Waals surface area contributed by atoms with Crippen LogP contribution in [-0.4, -0.2) is 51.7 Å². The first-order valence-electron chi connectivity index (χ1n) is 8.62. The van der Waals surface area contributed by atoms with E-state index in [-0.39, 0.29) is 17.0 Å². The van der Waals surface area contributed by atoms with Gasteiger partial charge in [0.15, 0.2) is 0 Å². The van der Waals surface area contributed by atoms with Crippen molar-refractivity contribution in [3.8, 4) is 5.75 Å². The van der Waals surface area contributed by atoms with E-state index in [0.717, 1.165) is 4.31 Å². The Morgan fingerprint density at radius 3 is 2.69 bits per heavy atom. The Labute approximate surface area is 168 Å². The largest absolute Gasteiger partial charge is 0.495 e. The zero-order chi connectivity index (χ0) is 21.2. The van der Waals surface area contributed by atoms with Crippen molar-refractivity contribution < 1.29 is 27.2 Å². The van der Waals surface area contributed by atoms with E-state index < -0.39 is 27.9 Å². The molecule has 0 aromatic heterocycles. The van der Waals surface area contributed by atoms with Crippen LogP contribution in [0.4, 0.5) is 10.1 Å². The second kappa shape index (κ2) is 8.18. The van der Waals surface area contributed by atoms with E-state index in [9.17, 15) is 17.6 Å². The predicted octanol–water partition coefficient (Wildman–Crippen LogP) is 2.22. The third-order valence-electron chi connectivity index (χ3n) is 4.33. The summed E-state index contributed by atoms with van der Waals surface area (Å²) in [6, 6.07) is 9.99. The predicted molar refractivity (Wildman–Crippen MR) is 105 cm³/mol. The van der Waals surface area contributed by atoms with Crippen molar-refractivity contribution in [2.45, 2.75) is 17.4 Å². The number of nitrogens with one attached hydrogen (secondary N) is 1. The van der Waals surface area contributed by atoms with E-state index in [1.807, 2.05) is 0 Å². The molecule has 1 amide bonds. The van der Waals surface area contributed by atoms with Gasteiger partial charge < -0.3 is 14.9 Å². The number of oxime groups is 1.